The number of unbranched alkanes of at least 4 members (excludes halogenated alkanes) is 1. The average molecular weight is 294 g/mol. The van der Waals surface area contributed by atoms with E-state index in [4.69, 9.17) is 12.2 Å². The molecule has 0 amide bonds. The van der Waals surface area contributed by atoms with Crippen LogP contribution < -0.4 is 0 Å². The summed E-state index contributed by atoms with van der Waals surface area (Å²) in [5.74, 6) is 0. The molecule has 0 N–H and O–H groups in total. The summed E-state index contributed by atoms with van der Waals surface area (Å²) in [7, 11) is -1.37. The van der Waals surface area contributed by atoms with E-state index in [0.29, 0.717) is 0 Å². The molecule has 2 aliphatic rings. The number of rotatable bonds is 4. The Labute approximate surface area is 124 Å². The van der Waals surface area contributed by atoms with E-state index in [1.807, 2.05) is 0 Å². The minimum absolute atomic E-state index is 0.163. The maximum Gasteiger partial charge on any atom is 0.101 e. The van der Waals surface area contributed by atoms with Crippen LogP contribution >= 0.6 is 12.2 Å². The first-order valence-corrected chi connectivity index (χ1v) is 11.5. The van der Waals surface area contributed by atoms with E-state index in [9.17, 15) is 0 Å². The molecule has 19 heavy (non-hydrogen) atoms. The lowest BCUT2D eigenvalue weighted by Gasteiger charge is -2.47. The summed E-state index contributed by atoms with van der Waals surface area (Å²) in [6, 6.07) is 0. The van der Waals surface area contributed by atoms with Gasteiger partial charge in [0, 0.05) is 6.54 Å². The summed E-state index contributed by atoms with van der Waals surface area (Å²) in [6.45, 7) is 15.0. The van der Waals surface area contributed by atoms with E-state index in [1.54, 1.807) is 0 Å². The third kappa shape index (κ3) is 2.47. The van der Waals surface area contributed by atoms with Gasteiger partial charge in [0.15, 0.2) is 0 Å². The summed E-state index contributed by atoms with van der Waals surface area (Å²) in [5, 5.41) is 1.43. The van der Waals surface area contributed by atoms with E-state index in [0.717, 1.165) is 11.5 Å². The Kier molecular flexibility index (Phi) is 4.08. The van der Waals surface area contributed by atoms with Crippen LogP contribution in [0.4, 0.5) is 0 Å². The van der Waals surface area contributed by atoms with Gasteiger partial charge in [-0.15, -0.1) is 0 Å². The molecule has 0 spiro atoms. The molecule has 1 fully saturated rings. The van der Waals surface area contributed by atoms with Gasteiger partial charge in [-0.3, -0.25) is 0 Å². The Morgan fingerprint density at radius 1 is 1.42 bits per heavy atom. The quantitative estimate of drug-likeness (QED) is 0.545. The second-order valence-corrected chi connectivity index (χ2v) is 12.5. The van der Waals surface area contributed by atoms with Crippen molar-refractivity contribution < 1.29 is 0 Å². The molecule has 3 heteroatoms. The average Bonchev–Trinajstić information content (AvgIpc) is 2.75. The van der Waals surface area contributed by atoms with Crippen LogP contribution in [0.5, 0.6) is 0 Å². The SMILES string of the molecule is C=C1C=C([Si](C)(C)C)C(=S)N2CCCC12CCCC. The molecule has 0 aromatic carbocycles. The Hall–Kier alpha value is -0.413. The fourth-order valence-electron chi connectivity index (χ4n) is 3.45. The van der Waals surface area contributed by atoms with Gasteiger partial charge < -0.3 is 4.90 Å². The monoisotopic (exact) mass is 293 g/mol. The second-order valence-electron chi connectivity index (χ2n) is 7.03. The Morgan fingerprint density at radius 2 is 2.11 bits per heavy atom. The van der Waals surface area contributed by atoms with Crippen molar-refractivity contribution in [2.45, 2.75) is 64.2 Å². The van der Waals surface area contributed by atoms with E-state index in [1.165, 1.54) is 42.9 Å². The minimum Gasteiger partial charge on any atom is -0.353 e. The number of fused-ring (bicyclic) bond motifs is 1. The number of hydrogen-bond donors (Lipinski definition) is 0. The van der Waals surface area contributed by atoms with Crippen molar-refractivity contribution >= 4 is 25.3 Å². The maximum absolute atomic E-state index is 5.84. The second kappa shape index (κ2) is 5.17. The van der Waals surface area contributed by atoms with Crippen LogP contribution in [0.3, 0.4) is 0 Å². The summed E-state index contributed by atoms with van der Waals surface area (Å²) in [4.78, 5) is 3.66. The van der Waals surface area contributed by atoms with Crippen LogP contribution in [0.15, 0.2) is 23.4 Å². The van der Waals surface area contributed by atoms with Gasteiger partial charge in [-0.25, -0.2) is 0 Å². The molecule has 0 aromatic rings. The van der Waals surface area contributed by atoms with Crippen LogP contribution in [-0.4, -0.2) is 30.0 Å². The van der Waals surface area contributed by atoms with Gasteiger partial charge in [0.2, 0.25) is 0 Å². The predicted octanol–water partition coefficient (Wildman–Crippen LogP) is 4.71. The zero-order valence-electron chi connectivity index (χ0n) is 12.9. The molecule has 1 nitrogen and oxygen atoms in total. The number of thiocarbonyl (C=S) groups is 1. The first-order valence-electron chi connectivity index (χ1n) is 7.56. The Balaban J connectivity index is 2.40. The molecular formula is C16H27NSSi. The standard InChI is InChI=1S/C16H27NSSi/c1-6-7-9-16-10-8-11-17(16)15(18)14(12-13(16)2)19(3,4)5/h12H,2,6-11H2,1,3-5H3. The molecule has 1 saturated heterocycles. The first kappa shape index (κ1) is 15.0. The molecule has 2 aliphatic heterocycles. The largest absolute Gasteiger partial charge is 0.353 e. The summed E-state index contributed by atoms with van der Waals surface area (Å²) >= 11 is 5.84. The third-order valence-corrected chi connectivity index (χ3v) is 7.25. The molecule has 1 unspecified atom stereocenters. The first-order chi connectivity index (χ1) is 8.83. The highest BCUT2D eigenvalue weighted by atomic mass is 32.1. The number of hydrogen-bond acceptors (Lipinski definition) is 1. The summed E-state index contributed by atoms with van der Waals surface area (Å²) in [6.07, 6.45) is 8.59. The molecule has 0 radical (unpaired) electrons. The molecule has 0 aliphatic carbocycles. The molecular weight excluding hydrogens is 266 g/mol. The van der Waals surface area contributed by atoms with Crippen molar-refractivity contribution in [3.8, 4) is 0 Å². The zero-order chi connectivity index (χ0) is 14.3. The summed E-state index contributed by atoms with van der Waals surface area (Å²) < 4.78 is 0. The molecule has 0 aromatic heterocycles. The third-order valence-electron chi connectivity index (χ3n) is 4.63. The fraction of sp³-hybridized carbons (Fsp3) is 0.688. The van der Waals surface area contributed by atoms with E-state index < -0.39 is 8.07 Å². The van der Waals surface area contributed by atoms with Crippen molar-refractivity contribution in [2.24, 2.45) is 0 Å². The van der Waals surface area contributed by atoms with E-state index in [2.05, 4.69) is 44.1 Å². The van der Waals surface area contributed by atoms with Gasteiger partial charge in [-0.1, -0.05) is 64.3 Å². The molecule has 2 heterocycles. The van der Waals surface area contributed by atoms with Crippen molar-refractivity contribution in [1.82, 2.24) is 4.90 Å². The van der Waals surface area contributed by atoms with E-state index >= 15 is 0 Å². The van der Waals surface area contributed by atoms with Gasteiger partial charge in [-0.2, -0.15) is 0 Å². The van der Waals surface area contributed by atoms with Gasteiger partial charge in [-0.05, 0) is 30.0 Å². The lowest BCUT2D eigenvalue weighted by Crippen LogP contribution is -2.53. The van der Waals surface area contributed by atoms with Gasteiger partial charge in [0.1, 0.15) is 4.99 Å². The lowest BCUT2D eigenvalue weighted by atomic mass is 9.81. The molecule has 2 rings (SSSR count). The van der Waals surface area contributed by atoms with Gasteiger partial charge in [0.25, 0.3) is 0 Å². The summed E-state index contributed by atoms with van der Waals surface area (Å²) in [5.41, 5.74) is 1.49. The molecule has 106 valence electrons. The topological polar surface area (TPSA) is 3.24 Å². The van der Waals surface area contributed by atoms with E-state index in [-0.39, 0.29) is 5.54 Å². The highest BCUT2D eigenvalue weighted by molar-refractivity contribution is 7.81. The van der Waals surface area contributed by atoms with Crippen LogP contribution in [0.1, 0.15) is 39.0 Å². The van der Waals surface area contributed by atoms with Crippen LogP contribution in [-0.2, 0) is 0 Å². The smallest absolute Gasteiger partial charge is 0.101 e. The van der Waals surface area contributed by atoms with Crippen molar-refractivity contribution in [3.63, 3.8) is 0 Å². The van der Waals surface area contributed by atoms with Crippen LogP contribution in [0, 0.1) is 0 Å². The van der Waals surface area contributed by atoms with Crippen molar-refractivity contribution in [1.29, 1.82) is 0 Å². The van der Waals surface area contributed by atoms with Crippen LogP contribution in [0.25, 0.3) is 0 Å². The minimum atomic E-state index is -1.37. The van der Waals surface area contributed by atoms with Crippen LogP contribution in [0.2, 0.25) is 19.6 Å². The molecule has 0 bridgehead atoms. The Bertz CT molecular complexity index is 433. The van der Waals surface area contributed by atoms with Gasteiger partial charge in [0.05, 0.1) is 13.6 Å². The molecule has 1 atom stereocenters. The molecule has 0 saturated carbocycles. The highest BCUT2D eigenvalue weighted by Gasteiger charge is 2.47. The highest BCUT2D eigenvalue weighted by Crippen LogP contribution is 2.45. The van der Waals surface area contributed by atoms with Crippen molar-refractivity contribution in [3.05, 3.63) is 23.4 Å². The van der Waals surface area contributed by atoms with Gasteiger partial charge >= 0.3 is 0 Å². The maximum atomic E-state index is 5.84. The zero-order valence-corrected chi connectivity index (χ0v) is 14.7. The fourth-order valence-corrected chi connectivity index (χ4v) is 6.08. The normalized spacial score (nSPS) is 27.6. The lowest BCUT2D eigenvalue weighted by molar-refractivity contribution is 0.258. The number of nitrogens with zero attached hydrogens (tertiary/aromatic N) is 1. The predicted molar refractivity (Wildman–Crippen MR) is 91.4 cm³/mol. The van der Waals surface area contributed by atoms with Crippen molar-refractivity contribution in [2.75, 3.05) is 6.54 Å². The Morgan fingerprint density at radius 3 is 2.68 bits per heavy atom.